The number of rotatable bonds is 6. The van der Waals surface area contributed by atoms with E-state index in [0.29, 0.717) is 12.5 Å². The predicted octanol–water partition coefficient (Wildman–Crippen LogP) is -0.146. The number of aryl methyl sites for hydroxylation is 2. The normalized spacial score (nSPS) is 12.3. The van der Waals surface area contributed by atoms with Crippen molar-refractivity contribution in [1.29, 1.82) is 0 Å². The zero-order valence-electron chi connectivity index (χ0n) is 11.9. The van der Waals surface area contributed by atoms with Gasteiger partial charge in [0.05, 0.1) is 11.9 Å². The second kappa shape index (κ2) is 5.41. The van der Waals surface area contributed by atoms with E-state index in [1.54, 1.807) is 9.25 Å². The van der Waals surface area contributed by atoms with Gasteiger partial charge in [0, 0.05) is 20.1 Å². The van der Waals surface area contributed by atoms with Crippen LogP contribution in [-0.2, 0) is 30.0 Å². The van der Waals surface area contributed by atoms with Crippen LogP contribution in [0.15, 0.2) is 0 Å². The third kappa shape index (κ3) is 2.93. The van der Waals surface area contributed by atoms with Gasteiger partial charge in [-0.25, -0.2) is 18.1 Å². The number of sulfonamides is 1. The Labute approximate surface area is 118 Å². The lowest BCUT2D eigenvalue weighted by atomic mass is 10.2. The Morgan fingerprint density at radius 1 is 1.40 bits per heavy atom. The summed E-state index contributed by atoms with van der Waals surface area (Å²) in [6.07, 6.45) is 2.95. The molecule has 20 heavy (non-hydrogen) atoms. The molecule has 0 saturated heterocycles. The minimum atomic E-state index is -3.20. The van der Waals surface area contributed by atoms with Crippen molar-refractivity contribution >= 4 is 27.1 Å². The molecular formula is C11H20N6O2S. The summed E-state index contributed by atoms with van der Waals surface area (Å²) in [5, 5.41) is 4.44. The molecule has 0 atom stereocenters. The van der Waals surface area contributed by atoms with Gasteiger partial charge in [0.25, 0.3) is 0 Å². The number of imidazole rings is 1. The van der Waals surface area contributed by atoms with E-state index in [2.05, 4.69) is 21.7 Å². The van der Waals surface area contributed by atoms with Gasteiger partial charge in [0.15, 0.2) is 5.65 Å². The molecule has 0 radical (unpaired) electrons. The summed E-state index contributed by atoms with van der Waals surface area (Å²) in [4.78, 5) is 4.35. The number of nitrogen functional groups attached to an aromatic ring is 1. The van der Waals surface area contributed by atoms with E-state index in [1.807, 2.05) is 7.05 Å². The topological polar surface area (TPSA) is 108 Å². The number of hydrogen-bond donors (Lipinski definition) is 2. The van der Waals surface area contributed by atoms with E-state index in [-0.39, 0.29) is 6.54 Å². The molecule has 2 aromatic rings. The molecule has 0 unspecified atom stereocenters. The van der Waals surface area contributed by atoms with E-state index in [0.717, 1.165) is 36.0 Å². The zero-order chi connectivity index (χ0) is 14.9. The Hall–Kier alpha value is -1.61. The Bertz CT molecular complexity index is 715. The monoisotopic (exact) mass is 300 g/mol. The van der Waals surface area contributed by atoms with Gasteiger partial charge in [0.2, 0.25) is 16.0 Å². The number of nitrogens with zero attached hydrogens (tertiary/aromatic N) is 4. The van der Waals surface area contributed by atoms with Crippen molar-refractivity contribution in [3.05, 3.63) is 5.69 Å². The predicted molar refractivity (Wildman–Crippen MR) is 77.8 cm³/mol. The summed E-state index contributed by atoms with van der Waals surface area (Å²) >= 11 is 0. The van der Waals surface area contributed by atoms with Crippen LogP contribution in [0.1, 0.15) is 19.0 Å². The number of anilines is 1. The highest BCUT2D eigenvalue weighted by atomic mass is 32.2. The lowest BCUT2D eigenvalue weighted by molar-refractivity contribution is 0.579. The molecule has 0 bridgehead atoms. The van der Waals surface area contributed by atoms with E-state index in [1.165, 1.54) is 0 Å². The van der Waals surface area contributed by atoms with Gasteiger partial charge in [-0.1, -0.05) is 13.3 Å². The third-order valence-corrected chi connectivity index (χ3v) is 3.74. The van der Waals surface area contributed by atoms with Crippen LogP contribution in [0.3, 0.4) is 0 Å². The summed E-state index contributed by atoms with van der Waals surface area (Å²) < 4.78 is 28.1. The van der Waals surface area contributed by atoms with E-state index < -0.39 is 10.0 Å². The molecule has 3 N–H and O–H groups in total. The van der Waals surface area contributed by atoms with Crippen molar-refractivity contribution in [1.82, 2.24) is 24.1 Å². The van der Waals surface area contributed by atoms with Gasteiger partial charge in [-0.3, -0.25) is 9.25 Å². The average molecular weight is 300 g/mol. The molecule has 0 aliphatic rings. The van der Waals surface area contributed by atoms with Gasteiger partial charge in [-0.2, -0.15) is 5.10 Å². The molecule has 2 aromatic heterocycles. The van der Waals surface area contributed by atoms with E-state index in [9.17, 15) is 8.42 Å². The fourth-order valence-electron chi connectivity index (χ4n) is 2.23. The molecule has 0 aliphatic carbocycles. The molecule has 2 heterocycles. The van der Waals surface area contributed by atoms with Gasteiger partial charge in [0.1, 0.15) is 5.52 Å². The maximum absolute atomic E-state index is 11.1. The maximum Gasteiger partial charge on any atom is 0.208 e. The minimum Gasteiger partial charge on any atom is -0.369 e. The zero-order valence-corrected chi connectivity index (χ0v) is 12.7. The van der Waals surface area contributed by atoms with Crippen molar-refractivity contribution in [2.24, 2.45) is 7.05 Å². The number of aromatic nitrogens is 4. The molecule has 0 spiro atoms. The summed E-state index contributed by atoms with van der Waals surface area (Å²) in [5.41, 5.74) is 8.46. The second-order valence-electron chi connectivity index (χ2n) is 4.78. The molecule has 0 aromatic carbocycles. The standard InChI is InChI=1S/C11H20N6O2S/c1-4-5-8-9-10(16(2)15-8)17(11(12)14-9)7-6-13-20(3,18)19/h13H,4-7H2,1-3H3,(H2,12,14). The van der Waals surface area contributed by atoms with E-state index in [4.69, 9.17) is 5.73 Å². The van der Waals surface area contributed by atoms with Gasteiger partial charge in [-0.05, 0) is 6.42 Å². The number of nitrogens with one attached hydrogen (secondary N) is 1. The van der Waals surface area contributed by atoms with E-state index >= 15 is 0 Å². The summed E-state index contributed by atoms with van der Waals surface area (Å²) in [6.45, 7) is 2.76. The molecular weight excluding hydrogens is 280 g/mol. The van der Waals surface area contributed by atoms with Gasteiger partial charge >= 0.3 is 0 Å². The Morgan fingerprint density at radius 3 is 2.70 bits per heavy atom. The highest BCUT2D eigenvalue weighted by Gasteiger charge is 2.17. The van der Waals surface area contributed by atoms with Gasteiger partial charge in [-0.15, -0.1) is 0 Å². The molecule has 9 heteroatoms. The molecule has 112 valence electrons. The van der Waals surface area contributed by atoms with Crippen LogP contribution in [0.5, 0.6) is 0 Å². The van der Waals surface area contributed by atoms with Gasteiger partial charge < -0.3 is 5.73 Å². The fraction of sp³-hybridized carbons (Fsp3) is 0.636. The SMILES string of the molecule is CCCc1nn(C)c2c1nc(N)n2CCNS(C)(=O)=O. The highest BCUT2D eigenvalue weighted by molar-refractivity contribution is 7.88. The molecule has 0 fully saturated rings. The number of hydrogen-bond acceptors (Lipinski definition) is 5. The number of nitrogens with two attached hydrogens (primary N) is 1. The summed E-state index contributed by atoms with van der Waals surface area (Å²) in [6, 6.07) is 0. The van der Waals surface area contributed by atoms with Crippen molar-refractivity contribution < 1.29 is 8.42 Å². The Balaban J connectivity index is 2.31. The first-order valence-corrected chi connectivity index (χ1v) is 8.35. The minimum absolute atomic E-state index is 0.267. The Kier molecular flexibility index (Phi) is 4.00. The first-order valence-electron chi connectivity index (χ1n) is 6.45. The van der Waals surface area contributed by atoms with Crippen LogP contribution in [0.2, 0.25) is 0 Å². The van der Waals surface area contributed by atoms with Crippen LogP contribution in [0.25, 0.3) is 11.2 Å². The van der Waals surface area contributed by atoms with Crippen molar-refractivity contribution in [2.45, 2.75) is 26.3 Å². The van der Waals surface area contributed by atoms with Crippen molar-refractivity contribution in [3.63, 3.8) is 0 Å². The van der Waals surface area contributed by atoms with Crippen LogP contribution in [-0.4, -0.2) is 40.5 Å². The van der Waals surface area contributed by atoms with Crippen LogP contribution >= 0.6 is 0 Å². The summed E-state index contributed by atoms with van der Waals surface area (Å²) in [7, 11) is -1.37. The molecule has 0 amide bonds. The Morgan fingerprint density at radius 2 is 2.10 bits per heavy atom. The first kappa shape index (κ1) is 14.8. The quantitative estimate of drug-likeness (QED) is 0.771. The highest BCUT2D eigenvalue weighted by Crippen LogP contribution is 2.21. The van der Waals surface area contributed by atoms with Crippen LogP contribution < -0.4 is 10.5 Å². The molecule has 2 rings (SSSR count). The number of fused-ring (bicyclic) bond motifs is 1. The van der Waals surface area contributed by atoms with Crippen LogP contribution in [0, 0.1) is 0 Å². The largest absolute Gasteiger partial charge is 0.369 e. The van der Waals surface area contributed by atoms with Crippen molar-refractivity contribution in [2.75, 3.05) is 18.5 Å². The average Bonchev–Trinajstić information content (AvgIpc) is 2.78. The fourth-order valence-corrected chi connectivity index (χ4v) is 2.69. The lowest BCUT2D eigenvalue weighted by Crippen LogP contribution is -2.26. The third-order valence-electron chi connectivity index (χ3n) is 3.01. The van der Waals surface area contributed by atoms with Crippen LogP contribution in [0.4, 0.5) is 5.95 Å². The second-order valence-corrected chi connectivity index (χ2v) is 6.61. The molecule has 0 saturated carbocycles. The maximum atomic E-state index is 11.1. The lowest BCUT2D eigenvalue weighted by Gasteiger charge is -2.07. The smallest absolute Gasteiger partial charge is 0.208 e. The molecule has 0 aliphatic heterocycles. The summed E-state index contributed by atoms with van der Waals surface area (Å²) in [5.74, 6) is 0.376. The molecule has 8 nitrogen and oxygen atoms in total. The van der Waals surface area contributed by atoms with Crippen molar-refractivity contribution in [3.8, 4) is 0 Å². The first-order chi connectivity index (χ1) is 9.33.